The van der Waals surface area contributed by atoms with Gasteiger partial charge in [-0.25, -0.2) is 4.39 Å². The summed E-state index contributed by atoms with van der Waals surface area (Å²) in [6.07, 6.45) is 0. The fraction of sp³-hybridized carbons (Fsp3) is 0.0400. The first kappa shape index (κ1) is 16.3. The predicted octanol–water partition coefficient (Wildman–Crippen LogP) is 6.62. The summed E-state index contributed by atoms with van der Waals surface area (Å²) in [6, 6.07) is 36.5. The second kappa shape index (κ2) is 6.97. The molecule has 0 aliphatic rings. The molecule has 0 amide bonds. The highest BCUT2D eigenvalue weighted by molar-refractivity contribution is 5.71. The highest BCUT2D eigenvalue weighted by Crippen LogP contribution is 2.44. The molecule has 0 radical (unpaired) electrons. The van der Waals surface area contributed by atoms with Crippen LogP contribution in [0.25, 0.3) is 11.1 Å². The second-order valence-corrected chi connectivity index (χ2v) is 6.30. The molecule has 0 saturated carbocycles. The molecule has 0 bridgehead atoms. The van der Waals surface area contributed by atoms with E-state index >= 15 is 4.39 Å². The molecule has 0 N–H and O–H groups in total. The Hall–Kier alpha value is -3.19. The van der Waals surface area contributed by atoms with Crippen LogP contribution in [-0.4, -0.2) is 0 Å². The first-order valence-electron chi connectivity index (χ1n) is 8.75. The Kier molecular flexibility index (Phi) is 4.37. The molecule has 0 saturated heterocycles. The molecular weight excluding hydrogens is 319 g/mol. The van der Waals surface area contributed by atoms with Crippen LogP contribution < -0.4 is 0 Å². The van der Waals surface area contributed by atoms with Gasteiger partial charge >= 0.3 is 0 Å². The van der Waals surface area contributed by atoms with E-state index in [1.165, 1.54) is 0 Å². The highest BCUT2D eigenvalue weighted by atomic mass is 19.1. The predicted molar refractivity (Wildman–Crippen MR) is 106 cm³/mol. The minimum atomic E-state index is -1.73. The van der Waals surface area contributed by atoms with E-state index < -0.39 is 5.67 Å². The van der Waals surface area contributed by atoms with Crippen molar-refractivity contribution in [1.82, 2.24) is 0 Å². The average Bonchev–Trinajstić information content (AvgIpc) is 2.75. The SMILES string of the molecule is FC(c1ccccc1)(c1ccccc1)c1ccccc1-c1ccccc1. The average molecular weight is 338 g/mol. The second-order valence-electron chi connectivity index (χ2n) is 6.30. The minimum absolute atomic E-state index is 0.634. The maximum Gasteiger partial charge on any atom is 0.186 e. The Morgan fingerprint density at radius 3 is 1.42 bits per heavy atom. The Morgan fingerprint density at radius 1 is 0.462 bits per heavy atom. The lowest BCUT2D eigenvalue weighted by Crippen LogP contribution is -2.24. The third-order valence-corrected chi connectivity index (χ3v) is 4.73. The van der Waals surface area contributed by atoms with Crippen LogP contribution >= 0.6 is 0 Å². The molecule has 0 spiro atoms. The van der Waals surface area contributed by atoms with Crippen molar-refractivity contribution in [2.75, 3.05) is 0 Å². The van der Waals surface area contributed by atoms with Crippen molar-refractivity contribution in [2.45, 2.75) is 5.67 Å². The van der Waals surface area contributed by atoms with E-state index in [1.807, 2.05) is 115 Å². The van der Waals surface area contributed by atoms with Gasteiger partial charge in [0.25, 0.3) is 0 Å². The van der Waals surface area contributed by atoms with E-state index in [9.17, 15) is 0 Å². The number of hydrogen-bond acceptors (Lipinski definition) is 0. The van der Waals surface area contributed by atoms with Crippen LogP contribution in [0.5, 0.6) is 0 Å². The zero-order chi connectivity index (χ0) is 17.8. The lowest BCUT2D eigenvalue weighted by molar-refractivity contribution is 0.282. The van der Waals surface area contributed by atoms with Gasteiger partial charge in [-0.15, -0.1) is 0 Å². The molecule has 0 aliphatic carbocycles. The third kappa shape index (κ3) is 2.82. The third-order valence-electron chi connectivity index (χ3n) is 4.73. The summed E-state index contributed by atoms with van der Waals surface area (Å²) in [6.45, 7) is 0. The van der Waals surface area contributed by atoms with Gasteiger partial charge in [-0.05, 0) is 22.3 Å². The Balaban J connectivity index is 2.01. The quantitative estimate of drug-likeness (QED) is 0.367. The minimum Gasteiger partial charge on any atom is -0.228 e. The fourth-order valence-electron chi connectivity index (χ4n) is 3.47. The monoisotopic (exact) mass is 338 g/mol. The zero-order valence-corrected chi connectivity index (χ0v) is 14.3. The van der Waals surface area contributed by atoms with Crippen molar-refractivity contribution < 1.29 is 4.39 Å². The summed E-state index contributed by atoms with van der Waals surface area (Å²) in [7, 11) is 0. The van der Waals surface area contributed by atoms with Crippen LogP contribution in [0.2, 0.25) is 0 Å². The Bertz CT molecular complexity index is 937. The van der Waals surface area contributed by atoms with Crippen molar-refractivity contribution in [3.05, 3.63) is 132 Å². The van der Waals surface area contributed by atoms with E-state index in [-0.39, 0.29) is 0 Å². The molecule has 0 fully saturated rings. The molecule has 26 heavy (non-hydrogen) atoms. The topological polar surface area (TPSA) is 0 Å². The van der Waals surface area contributed by atoms with E-state index in [2.05, 4.69) is 0 Å². The number of alkyl halides is 1. The molecule has 0 heterocycles. The van der Waals surface area contributed by atoms with Crippen LogP contribution in [0.4, 0.5) is 4.39 Å². The van der Waals surface area contributed by atoms with Gasteiger partial charge in [0.15, 0.2) is 5.67 Å². The lowest BCUT2D eigenvalue weighted by atomic mass is 9.79. The maximum atomic E-state index is 16.9. The van der Waals surface area contributed by atoms with Crippen molar-refractivity contribution in [3.63, 3.8) is 0 Å². The van der Waals surface area contributed by atoms with E-state index in [4.69, 9.17) is 0 Å². The molecule has 4 aromatic rings. The molecule has 0 atom stereocenters. The van der Waals surface area contributed by atoms with Gasteiger partial charge in [0, 0.05) is 5.56 Å². The van der Waals surface area contributed by atoms with Gasteiger partial charge in [-0.3, -0.25) is 0 Å². The summed E-state index contributed by atoms with van der Waals surface area (Å²) in [4.78, 5) is 0. The van der Waals surface area contributed by atoms with E-state index in [0.717, 1.165) is 11.1 Å². The number of benzene rings is 4. The number of hydrogen-bond donors (Lipinski definition) is 0. The van der Waals surface area contributed by atoms with Gasteiger partial charge in [0.2, 0.25) is 0 Å². The molecular formula is C25H19F. The molecule has 4 aromatic carbocycles. The first-order valence-corrected chi connectivity index (χ1v) is 8.75. The lowest BCUT2D eigenvalue weighted by Gasteiger charge is -2.29. The zero-order valence-electron chi connectivity index (χ0n) is 14.3. The summed E-state index contributed by atoms with van der Waals surface area (Å²) >= 11 is 0. The van der Waals surface area contributed by atoms with Crippen LogP contribution in [0, 0.1) is 0 Å². The molecule has 0 aromatic heterocycles. The van der Waals surface area contributed by atoms with Gasteiger partial charge < -0.3 is 0 Å². The van der Waals surface area contributed by atoms with Gasteiger partial charge in [0.05, 0.1) is 0 Å². The smallest absolute Gasteiger partial charge is 0.186 e. The molecule has 126 valence electrons. The van der Waals surface area contributed by atoms with Gasteiger partial charge in [-0.1, -0.05) is 115 Å². The summed E-state index contributed by atoms with van der Waals surface area (Å²) < 4.78 is 16.9. The van der Waals surface area contributed by atoms with Crippen molar-refractivity contribution in [3.8, 4) is 11.1 Å². The van der Waals surface area contributed by atoms with Crippen LogP contribution in [0.1, 0.15) is 16.7 Å². The Morgan fingerprint density at radius 2 is 0.885 bits per heavy atom. The van der Waals surface area contributed by atoms with Crippen molar-refractivity contribution >= 4 is 0 Å². The summed E-state index contributed by atoms with van der Waals surface area (Å²) in [5, 5.41) is 0. The maximum absolute atomic E-state index is 16.9. The van der Waals surface area contributed by atoms with Crippen LogP contribution in [0.15, 0.2) is 115 Å². The Labute approximate surface area is 153 Å². The van der Waals surface area contributed by atoms with E-state index in [0.29, 0.717) is 16.7 Å². The number of halogens is 1. The fourth-order valence-corrected chi connectivity index (χ4v) is 3.47. The van der Waals surface area contributed by atoms with Crippen LogP contribution in [0.3, 0.4) is 0 Å². The molecule has 0 unspecified atom stereocenters. The molecule has 0 aliphatic heterocycles. The van der Waals surface area contributed by atoms with Crippen molar-refractivity contribution in [2.24, 2.45) is 0 Å². The summed E-state index contributed by atoms with van der Waals surface area (Å²) in [5.74, 6) is 0. The molecule has 0 nitrogen and oxygen atoms in total. The standard InChI is InChI=1S/C25H19F/c26-25(21-14-6-2-7-15-21,22-16-8-3-9-17-22)24-19-11-10-18-23(24)20-12-4-1-5-13-20/h1-19H. The first-order chi connectivity index (χ1) is 12.8. The summed E-state index contributed by atoms with van der Waals surface area (Å²) in [5.41, 5.74) is 2.11. The highest BCUT2D eigenvalue weighted by Gasteiger charge is 2.38. The van der Waals surface area contributed by atoms with Gasteiger partial charge in [-0.2, -0.15) is 0 Å². The van der Waals surface area contributed by atoms with Crippen molar-refractivity contribution in [1.29, 1.82) is 0 Å². The van der Waals surface area contributed by atoms with E-state index in [1.54, 1.807) is 0 Å². The van der Waals surface area contributed by atoms with Gasteiger partial charge in [0.1, 0.15) is 0 Å². The molecule has 1 heteroatoms. The van der Waals surface area contributed by atoms with Crippen LogP contribution in [-0.2, 0) is 5.67 Å². The number of rotatable bonds is 4. The molecule has 4 rings (SSSR count). The normalized spacial score (nSPS) is 11.3. The largest absolute Gasteiger partial charge is 0.228 e.